The number of hydrogen-bond acceptors (Lipinski definition) is 3. The molecule has 17 heavy (non-hydrogen) atoms. The van der Waals surface area contributed by atoms with Crippen LogP contribution in [0.2, 0.25) is 0 Å². The molecule has 0 aliphatic heterocycles. The average molecular weight is 227 g/mol. The molecule has 4 heteroatoms. The Labute approximate surface area is 98.6 Å². The highest BCUT2D eigenvalue weighted by atomic mass is 16.3. The van der Waals surface area contributed by atoms with E-state index >= 15 is 0 Å². The van der Waals surface area contributed by atoms with Gasteiger partial charge in [0, 0.05) is 18.6 Å². The molecule has 1 atom stereocenters. The van der Waals surface area contributed by atoms with Gasteiger partial charge in [-0.1, -0.05) is 18.2 Å². The molecule has 4 nitrogen and oxygen atoms in total. The lowest BCUT2D eigenvalue weighted by molar-refractivity contribution is 0.518. The molecule has 0 aliphatic carbocycles. The van der Waals surface area contributed by atoms with E-state index in [0.717, 1.165) is 22.4 Å². The van der Waals surface area contributed by atoms with E-state index in [0.29, 0.717) is 0 Å². The van der Waals surface area contributed by atoms with Crippen molar-refractivity contribution in [1.82, 2.24) is 9.78 Å². The first-order chi connectivity index (χ1) is 8.24. The van der Waals surface area contributed by atoms with Crippen LogP contribution in [0.15, 0.2) is 47.0 Å². The van der Waals surface area contributed by atoms with Gasteiger partial charge in [-0.3, -0.25) is 4.68 Å². The second-order valence-electron chi connectivity index (χ2n) is 4.08. The van der Waals surface area contributed by atoms with Crippen LogP contribution in [0, 0.1) is 0 Å². The maximum Gasteiger partial charge on any atom is 0.134 e. The van der Waals surface area contributed by atoms with Gasteiger partial charge in [0.1, 0.15) is 17.4 Å². The first-order valence-corrected chi connectivity index (χ1v) is 5.47. The summed E-state index contributed by atoms with van der Waals surface area (Å²) in [6.45, 7) is 0. The SMILES string of the molecule is Cn1ccc(C(N)c2cc3ccccc3o2)n1. The number of hydrogen-bond donors (Lipinski definition) is 1. The first-order valence-electron chi connectivity index (χ1n) is 5.47. The standard InChI is InChI=1S/C13H13N3O/c1-16-7-6-10(15-16)13(14)12-8-9-4-2-3-5-11(9)17-12/h2-8,13H,14H2,1H3. The average Bonchev–Trinajstić information content (AvgIpc) is 2.93. The molecule has 1 unspecified atom stereocenters. The van der Waals surface area contributed by atoms with Gasteiger partial charge in [0.05, 0.1) is 5.69 Å². The lowest BCUT2D eigenvalue weighted by atomic mass is 10.1. The van der Waals surface area contributed by atoms with Crippen LogP contribution in [-0.2, 0) is 7.05 Å². The third kappa shape index (κ3) is 1.72. The van der Waals surface area contributed by atoms with Crippen molar-refractivity contribution < 1.29 is 4.42 Å². The lowest BCUT2D eigenvalue weighted by Crippen LogP contribution is -2.11. The molecule has 0 saturated carbocycles. The van der Waals surface area contributed by atoms with Gasteiger partial charge in [0.15, 0.2) is 0 Å². The second-order valence-corrected chi connectivity index (χ2v) is 4.08. The minimum Gasteiger partial charge on any atom is -0.459 e. The molecule has 2 heterocycles. The summed E-state index contributed by atoms with van der Waals surface area (Å²) < 4.78 is 7.45. The highest BCUT2D eigenvalue weighted by molar-refractivity contribution is 5.77. The van der Waals surface area contributed by atoms with E-state index in [9.17, 15) is 0 Å². The quantitative estimate of drug-likeness (QED) is 0.730. The highest BCUT2D eigenvalue weighted by Gasteiger charge is 2.16. The Morgan fingerprint density at radius 1 is 1.29 bits per heavy atom. The van der Waals surface area contributed by atoms with E-state index < -0.39 is 0 Å². The Balaban J connectivity index is 2.03. The molecular formula is C13H13N3O. The number of fused-ring (bicyclic) bond motifs is 1. The van der Waals surface area contributed by atoms with Crippen molar-refractivity contribution >= 4 is 11.0 Å². The van der Waals surface area contributed by atoms with Crippen LogP contribution in [-0.4, -0.2) is 9.78 Å². The van der Waals surface area contributed by atoms with Gasteiger partial charge >= 0.3 is 0 Å². The molecule has 0 radical (unpaired) electrons. The first kappa shape index (κ1) is 10.1. The molecule has 2 N–H and O–H groups in total. The van der Waals surface area contributed by atoms with Gasteiger partial charge in [-0.25, -0.2) is 0 Å². The summed E-state index contributed by atoms with van der Waals surface area (Å²) in [4.78, 5) is 0. The number of aromatic nitrogens is 2. The molecule has 3 rings (SSSR count). The lowest BCUT2D eigenvalue weighted by Gasteiger charge is -2.03. The number of nitrogens with zero attached hydrogens (tertiary/aromatic N) is 2. The zero-order chi connectivity index (χ0) is 11.8. The summed E-state index contributed by atoms with van der Waals surface area (Å²) in [6, 6.07) is 11.4. The number of benzene rings is 1. The minimum absolute atomic E-state index is 0.316. The summed E-state index contributed by atoms with van der Waals surface area (Å²) in [5, 5.41) is 5.35. The van der Waals surface area contributed by atoms with E-state index in [2.05, 4.69) is 5.10 Å². The van der Waals surface area contributed by atoms with Crippen LogP contribution in [0.4, 0.5) is 0 Å². The summed E-state index contributed by atoms with van der Waals surface area (Å²) in [5.41, 5.74) is 7.79. The van der Waals surface area contributed by atoms with E-state index in [1.54, 1.807) is 4.68 Å². The van der Waals surface area contributed by atoms with Crippen molar-refractivity contribution in [3.8, 4) is 0 Å². The van der Waals surface area contributed by atoms with E-state index in [4.69, 9.17) is 10.2 Å². The normalized spacial score (nSPS) is 13.1. The molecule has 0 bridgehead atoms. The largest absolute Gasteiger partial charge is 0.459 e. The van der Waals surface area contributed by atoms with Crippen molar-refractivity contribution in [3.63, 3.8) is 0 Å². The van der Waals surface area contributed by atoms with E-state index in [1.807, 2.05) is 49.6 Å². The second kappa shape index (κ2) is 3.75. The molecule has 0 aliphatic rings. The Bertz CT molecular complexity index is 620. The molecule has 0 spiro atoms. The zero-order valence-electron chi connectivity index (χ0n) is 9.50. The van der Waals surface area contributed by atoms with Crippen LogP contribution < -0.4 is 5.73 Å². The van der Waals surface area contributed by atoms with Crippen molar-refractivity contribution in [2.45, 2.75) is 6.04 Å². The van der Waals surface area contributed by atoms with Crippen LogP contribution >= 0.6 is 0 Å². The maximum atomic E-state index is 6.12. The van der Waals surface area contributed by atoms with Crippen LogP contribution in [0.3, 0.4) is 0 Å². The molecular weight excluding hydrogens is 214 g/mol. The van der Waals surface area contributed by atoms with Gasteiger partial charge in [-0.05, 0) is 18.2 Å². The van der Waals surface area contributed by atoms with Crippen LogP contribution in [0.5, 0.6) is 0 Å². The van der Waals surface area contributed by atoms with E-state index in [1.165, 1.54) is 0 Å². The maximum absolute atomic E-state index is 6.12. The third-order valence-corrected chi connectivity index (χ3v) is 2.80. The van der Waals surface area contributed by atoms with Gasteiger partial charge in [0.2, 0.25) is 0 Å². The molecule has 0 amide bonds. The topological polar surface area (TPSA) is 57.0 Å². The Morgan fingerprint density at radius 2 is 2.12 bits per heavy atom. The van der Waals surface area contributed by atoms with Crippen molar-refractivity contribution in [3.05, 3.63) is 54.0 Å². The molecule has 86 valence electrons. The molecule has 2 aromatic heterocycles. The fraction of sp³-hybridized carbons (Fsp3) is 0.154. The number of furan rings is 1. The monoisotopic (exact) mass is 227 g/mol. The highest BCUT2D eigenvalue weighted by Crippen LogP contribution is 2.25. The van der Waals surface area contributed by atoms with E-state index in [-0.39, 0.29) is 6.04 Å². The fourth-order valence-corrected chi connectivity index (χ4v) is 1.90. The Morgan fingerprint density at radius 3 is 2.82 bits per heavy atom. The Hall–Kier alpha value is -2.07. The van der Waals surface area contributed by atoms with Gasteiger partial charge in [0.25, 0.3) is 0 Å². The summed E-state index contributed by atoms with van der Waals surface area (Å²) in [6.07, 6.45) is 1.87. The summed E-state index contributed by atoms with van der Waals surface area (Å²) in [7, 11) is 1.87. The van der Waals surface area contributed by atoms with Gasteiger partial charge in [-0.15, -0.1) is 0 Å². The predicted octanol–water partition coefficient (Wildman–Crippen LogP) is 2.21. The van der Waals surface area contributed by atoms with Crippen LogP contribution in [0.25, 0.3) is 11.0 Å². The third-order valence-electron chi connectivity index (χ3n) is 2.80. The van der Waals surface area contributed by atoms with Gasteiger partial charge < -0.3 is 10.2 Å². The number of nitrogens with two attached hydrogens (primary N) is 1. The fourth-order valence-electron chi connectivity index (χ4n) is 1.90. The van der Waals surface area contributed by atoms with Crippen LogP contribution in [0.1, 0.15) is 17.5 Å². The van der Waals surface area contributed by atoms with Crippen molar-refractivity contribution in [1.29, 1.82) is 0 Å². The number of para-hydroxylation sites is 1. The summed E-state index contributed by atoms with van der Waals surface area (Å²) in [5.74, 6) is 0.741. The number of rotatable bonds is 2. The minimum atomic E-state index is -0.316. The molecule has 1 aromatic carbocycles. The smallest absolute Gasteiger partial charge is 0.134 e. The van der Waals surface area contributed by atoms with Crippen molar-refractivity contribution in [2.24, 2.45) is 12.8 Å². The zero-order valence-corrected chi connectivity index (χ0v) is 9.50. The molecule has 3 aromatic rings. The summed E-state index contributed by atoms with van der Waals surface area (Å²) >= 11 is 0. The molecule has 0 fully saturated rings. The van der Waals surface area contributed by atoms with Crippen molar-refractivity contribution in [2.75, 3.05) is 0 Å². The van der Waals surface area contributed by atoms with Gasteiger partial charge in [-0.2, -0.15) is 5.10 Å². The molecule has 0 saturated heterocycles. The Kier molecular flexibility index (Phi) is 2.23. The predicted molar refractivity (Wildman–Crippen MR) is 65.5 cm³/mol. The number of aryl methyl sites for hydroxylation is 1.